The molecule has 10 aromatic carbocycles. The lowest BCUT2D eigenvalue weighted by Gasteiger charge is -2.18. The molecule has 4 heterocycles. The molecule has 0 radical (unpaired) electrons. The van der Waals surface area contributed by atoms with Gasteiger partial charge in [-0.1, -0.05) is 212 Å². The van der Waals surface area contributed by atoms with Crippen molar-refractivity contribution in [2.75, 3.05) is 0 Å². The molecule has 82 heavy (non-hydrogen) atoms. The number of para-hydroxylation sites is 3. The first-order valence-corrected chi connectivity index (χ1v) is 28.1. The van der Waals surface area contributed by atoms with E-state index in [1.54, 1.807) is 0 Å². The lowest BCUT2D eigenvalue weighted by molar-refractivity contribution is 0.889. The van der Waals surface area contributed by atoms with Gasteiger partial charge in [-0.05, 0) is 102 Å². The average molecular weight is 1050 g/mol. The third-order valence-electron chi connectivity index (χ3n) is 16.4. The summed E-state index contributed by atoms with van der Waals surface area (Å²) >= 11 is 0. The van der Waals surface area contributed by atoms with Crippen LogP contribution < -0.4 is 0 Å². The van der Waals surface area contributed by atoms with Crippen LogP contribution in [0.1, 0.15) is 24.1 Å². The Kier molecular flexibility index (Phi) is 11.2. The van der Waals surface area contributed by atoms with Crippen LogP contribution in [0.3, 0.4) is 0 Å². The van der Waals surface area contributed by atoms with Gasteiger partial charge in [-0.2, -0.15) is 0 Å². The Morgan fingerprint density at radius 2 is 0.939 bits per heavy atom. The van der Waals surface area contributed by atoms with Crippen LogP contribution in [-0.2, 0) is 6.42 Å². The molecule has 0 atom stereocenters. The number of fused-ring (bicyclic) bond motifs is 9. The van der Waals surface area contributed by atoms with E-state index in [1.165, 1.54) is 55.2 Å². The van der Waals surface area contributed by atoms with Crippen LogP contribution in [0.5, 0.6) is 0 Å². The topological polar surface area (TPSA) is 53.5 Å². The summed E-state index contributed by atoms with van der Waals surface area (Å²) in [6.07, 6.45) is 18.2. The number of rotatable bonds is 9. The van der Waals surface area contributed by atoms with Crippen LogP contribution in [-0.4, -0.2) is 28.7 Å². The second-order valence-corrected chi connectivity index (χ2v) is 21.2. The van der Waals surface area contributed by atoms with Crippen LogP contribution in [0.2, 0.25) is 0 Å². The highest BCUT2D eigenvalue weighted by atomic mass is 15.0. The number of hydrogen-bond acceptors (Lipinski definition) is 3. The van der Waals surface area contributed by atoms with Gasteiger partial charge in [-0.3, -0.25) is 0 Å². The quantitative estimate of drug-likeness (QED) is 0.145. The van der Waals surface area contributed by atoms with Crippen molar-refractivity contribution >= 4 is 66.3 Å². The Labute approximate surface area is 474 Å². The third-order valence-corrected chi connectivity index (χ3v) is 16.4. The minimum atomic E-state index is 0.626. The van der Waals surface area contributed by atoms with E-state index in [2.05, 4.69) is 232 Å². The second-order valence-electron chi connectivity index (χ2n) is 21.2. The van der Waals surface area contributed by atoms with Crippen molar-refractivity contribution in [1.82, 2.24) is 28.7 Å². The molecule has 0 bridgehead atoms. The largest absolute Gasteiger partial charge is 0.312 e. The van der Waals surface area contributed by atoms with Crippen molar-refractivity contribution in [1.29, 1.82) is 0 Å². The van der Waals surface area contributed by atoms with Gasteiger partial charge in [0.1, 0.15) is 0 Å². The molecule has 2 aliphatic rings. The van der Waals surface area contributed by atoms with Crippen molar-refractivity contribution in [2.24, 2.45) is 0 Å². The summed E-state index contributed by atoms with van der Waals surface area (Å²) in [7, 11) is 0. The Balaban J connectivity index is 0.847. The zero-order valence-electron chi connectivity index (χ0n) is 44.7. The lowest BCUT2D eigenvalue weighted by Crippen LogP contribution is -2.05. The minimum absolute atomic E-state index is 0.626. The highest BCUT2D eigenvalue weighted by molar-refractivity contribution is 6.13. The van der Waals surface area contributed by atoms with E-state index >= 15 is 0 Å². The van der Waals surface area contributed by atoms with E-state index in [-0.39, 0.29) is 0 Å². The molecule has 384 valence electrons. The molecular formula is C76H50N6. The molecule has 0 fully saturated rings. The number of allylic oxidation sites excluding steroid dienone is 7. The molecule has 0 saturated heterocycles. The summed E-state index contributed by atoms with van der Waals surface area (Å²) < 4.78 is 7.34. The highest BCUT2D eigenvalue weighted by Gasteiger charge is 2.24. The zero-order chi connectivity index (χ0) is 54.1. The van der Waals surface area contributed by atoms with E-state index in [4.69, 9.17) is 15.0 Å². The fourth-order valence-electron chi connectivity index (χ4n) is 12.6. The normalized spacial score (nSPS) is 13.0. The molecule has 14 aromatic rings. The average Bonchev–Trinajstić information content (AvgIpc) is 4.09. The highest BCUT2D eigenvalue weighted by Crippen LogP contribution is 2.43. The molecule has 6 nitrogen and oxygen atoms in total. The van der Waals surface area contributed by atoms with Gasteiger partial charge >= 0.3 is 0 Å². The summed E-state index contributed by atoms with van der Waals surface area (Å²) in [4.78, 5) is 15.0. The van der Waals surface area contributed by atoms with Crippen LogP contribution in [0, 0.1) is 12.1 Å². The van der Waals surface area contributed by atoms with Crippen molar-refractivity contribution < 1.29 is 0 Å². The predicted molar refractivity (Wildman–Crippen MR) is 339 cm³/mol. The molecule has 6 heteroatoms. The van der Waals surface area contributed by atoms with E-state index in [9.17, 15) is 0 Å². The fourth-order valence-corrected chi connectivity index (χ4v) is 12.6. The monoisotopic (exact) mass is 1050 g/mol. The Morgan fingerprint density at radius 3 is 1.66 bits per heavy atom. The molecule has 16 rings (SSSR count). The molecule has 0 N–H and O–H groups in total. The van der Waals surface area contributed by atoms with E-state index < -0.39 is 0 Å². The van der Waals surface area contributed by atoms with Crippen molar-refractivity contribution in [3.05, 3.63) is 284 Å². The number of aromatic nitrogens is 6. The standard InChI is InChI=1S/C76H50N6/c1-2-11-25-59(24-10-1)81-71-45-41-55(54-40-44-70-65(46-54)63-30-16-17-31-67(63)80(70)58-26-12-5-13-27-58)47-66(71)64-43-39-57(49-73(64)81)60-42-38-56(48-72(60)82-68-32-18-14-28-61(68)62-29-15-19-33-69(62)82)50-34-36-53(37-35-50)76-78-74(51-20-6-3-7-21-51)77-75(79-76)52-22-8-4-9-23-52/h1-18,20-24,26-32,34-38,40-42,44-49H,19,25,33H2. The summed E-state index contributed by atoms with van der Waals surface area (Å²) in [6.45, 7) is 0. The molecule has 2 aliphatic carbocycles. The maximum atomic E-state index is 5.04. The summed E-state index contributed by atoms with van der Waals surface area (Å²) in [5, 5.41) is 5.90. The molecule has 0 amide bonds. The van der Waals surface area contributed by atoms with Gasteiger partial charge in [0.25, 0.3) is 0 Å². The first-order valence-electron chi connectivity index (χ1n) is 28.1. The molecule has 0 saturated carbocycles. The molecule has 0 spiro atoms. The van der Waals surface area contributed by atoms with Crippen LogP contribution in [0.15, 0.2) is 261 Å². The van der Waals surface area contributed by atoms with E-state index in [0.717, 1.165) is 97.0 Å². The van der Waals surface area contributed by atoms with Crippen LogP contribution in [0.25, 0.3) is 145 Å². The Hall–Kier alpha value is -10.9. The smallest absolute Gasteiger partial charge is 0.164 e. The van der Waals surface area contributed by atoms with Crippen molar-refractivity contribution in [3.63, 3.8) is 0 Å². The fraction of sp³-hybridized carbons (Fsp3) is 0.0395. The number of nitrogens with zero attached hydrogens (tertiary/aromatic N) is 6. The molecule has 0 unspecified atom stereocenters. The minimum Gasteiger partial charge on any atom is -0.312 e. The SMILES string of the molecule is c1c(-c2ccc(-c3ccc(-c4nc(-c5ccccc5)nc(-c5ccccc5)n4)cc3)cc2-n2c3c(c4ccccc42)C=CCC3)cc2c(c#1)c1cc(-c3ccc4c(c3)c3ccccc3n4-c3ccccc3)ccc1n2C1=CC=CC=CC1. The van der Waals surface area contributed by atoms with Gasteiger partial charge in [0.05, 0.1) is 38.7 Å². The predicted octanol–water partition coefficient (Wildman–Crippen LogP) is 18.9. The number of benzene rings is 9. The van der Waals surface area contributed by atoms with Crippen LogP contribution >= 0.6 is 0 Å². The number of hydrogen-bond donors (Lipinski definition) is 0. The van der Waals surface area contributed by atoms with Gasteiger partial charge in [-0.25, -0.2) is 15.0 Å². The second kappa shape index (κ2) is 19.5. The van der Waals surface area contributed by atoms with Gasteiger partial charge in [-0.15, -0.1) is 0 Å². The summed E-state index contributed by atoms with van der Waals surface area (Å²) in [6, 6.07) is 87.9. The maximum absolute atomic E-state index is 5.04. The van der Waals surface area contributed by atoms with Crippen LogP contribution in [0.4, 0.5) is 0 Å². The van der Waals surface area contributed by atoms with Crippen molar-refractivity contribution in [2.45, 2.75) is 19.3 Å². The van der Waals surface area contributed by atoms with E-state index in [0.29, 0.717) is 17.5 Å². The summed E-state index contributed by atoms with van der Waals surface area (Å²) in [5.74, 6) is 1.91. The van der Waals surface area contributed by atoms with Gasteiger partial charge in [0.15, 0.2) is 17.5 Å². The molecule has 0 aliphatic heterocycles. The zero-order valence-corrected chi connectivity index (χ0v) is 44.7. The van der Waals surface area contributed by atoms with Crippen molar-refractivity contribution in [3.8, 4) is 78.9 Å². The third kappa shape index (κ3) is 7.93. The summed E-state index contributed by atoms with van der Waals surface area (Å²) in [5.41, 5.74) is 21.2. The molecule has 4 aromatic heterocycles. The Morgan fingerprint density at radius 1 is 0.378 bits per heavy atom. The lowest BCUT2D eigenvalue weighted by atomic mass is 9.96. The first kappa shape index (κ1) is 47.2. The maximum Gasteiger partial charge on any atom is 0.164 e. The van der Waals surface area contributed by atoms with Gasteiger partial charge < -0.3 is 13.7 Å². The molecular weight excluding hydrogens is 997 g/mol. The Bertz CT molecular complexity index is 4920. The first-order chi connectivity index (χ1) is 40.7. The van der Waals surface area contributed by atoms with E-state index in [1.807, 2.05) is 60.7 Å². The van der Waals surface area contributed by atoms with Gasteiger partial charge in [0, 0.05) is 78.4 Å². The van der Waals surface area contributed by atoms with Gasteiger partial charge in [0.2, 0.25) is 0 Å².